The van der Waals surface area contributed by atoms with Crippen LogP contribution in [0.15, 0.2) is 43.0 Å². The Morgan fingerprint density at radius 1 is 1.10 bits per heavy atom. The maximum atomic E-state index is 14.8. The summed E-state index contributed by atoms with van der Waals surface area (Å²) in [6.45, 7) is 6.47. The number of hydrogen-bond acceptors (Lipinski definition) is 2. The van der Waals surface area contributed by atoms with E-state index < -0.39 is 23.6 Å². The summed E-state index contributed by atoms with van der Waals surface area (Å²) in [5.41, 5.74) is 0.0743. The summed E-state index contributed by atoms with van der Waals surface area (Å²) in [6.07, 6.45) is 6.07. The van der Waals surface area contributed by atoms with Gasteiger partial charge in [-0.05, 0) is 37.3 Å². The van der Waals surface area contributed by atoms with E-state index in [2.05, 4.69) is 13.5 Å². The van der Waals surface area contributed by atoms with Crippen molar-refractivity contribution in [1.82, 2.24) is 0 Å². The first kappa shape index (κ1) is 21.4. The minimum atomic E-state index is -1.06. The van der Waals surface area contributed by atoms with E-state index in [9.17, 15) is 13.2 Å². The van der Waals surface area contributed by atoms with Crippen molar-refractivity contribution in [2.75, 3.05) is 13.2 Å². The van der Waals surface area contributed by atoms with E-state index in [-0.39, 0.29) is 23.3 Å². The molecule has 2 atom stereocenters. The van der Waals surface area contributed by atoms with Gasteiger partial charge in [0.15, 0.2) is 11.6 Å². The van der Waals surface area contributed by atoms with E-state index in [1.54, 1.807) is 6.08 Å². The van der Waals surface area contributed by atoms with E-state index in [0.29, 0.717) is 24.7 Å². The van der Waals surface area contributed by atoms with Gasteiger partial charge < -0.3 is 9.47 Å². The number of benzene rings is 2. The first-order chi connectivity index (χ1) is 14.0. The van der Waals surface area contributed by atoms with Gasteiger partial charge in [0, 0.05) is 22.8 Å². The summed E-state index contributed by atoms with van der Waals surface area (Å²) >= 11 is 0. The molecule has 2 aromatic rings. The van der Waals surface area contributed by atoms with E-state index >= 15 is 0 Å². The molecule has 1 fully saturated rings. The molecular weight excluding hydrogens is 377 g/mol. The second-order valence-electron chi connectivity index (χ2n) is 7.48. The number of halogens is 3. The SMILES string of the molecule is C=CCOc1ccc(-c2ccc(C3CCC(CCCC)CO3)c(F)c2F)c(F)c1. The highest BCUT2D eigenvalue weighted by Gasteiger charge is 2.27. The van der Waals surface area contributed by atoms with Crippen molar-refractivity contribution in [2.45, 2.75) is 45.1 Å². The smallest absolute Gasteiger partial charge is 0.167 e. The zero-order valence-electron chi connectivity index (χ0n) is 16.7. The molecule has 2 aromatic carbocycles. The molecular formula is C24H27F3O2. The minimum Gasteiger partial charge on any atom is -0.489 e. The van der Waals surface area contributed by atoms with Crippen molar-refractivity contribution in [3.05, 3.63) is 66.0 Å². The molecule has 0 spiro atoms. The summed E-state index contributed by atoms with van der Waals surface area (Å²) in [4.78, 5) is 0. The molecule has 2 unspecified atom stereocenters. The van der Waals surface area contributed by atoms with Crippen LogP contribution in [0.3, 0.4) is 0 Å². The lowest BCUT2D eigenvalue weighted by molar-refractivity contribution is -0.0217. The Balaban J connectivity index is 1.77. The van der Waals surface area contributed by atoms with Crippen LogP contribution < -0.4 is 4.74 Å². The molecule has 5 heteroatoms. The maximum absolute atomic E-state index is 14.8. The van der Waals surface area contributed by atoms with Crippen LogP contribution in [0.1, 0.15) is 50.7 Å². The van der Waals surface area contributed by atoms with Crippen LogP contribution in [-0.4, -0.2) is 13.2 Å². The fraction of sp³-hybridized carbons (Fsp3) is 0.417. The Kier molecular flexibility index (Phi) is 7.37. The lowest BCUT2D eigenvalue weighted by Crippen LogP contribution is -2.21. The van der Waals surface area contributed by atoms with Gasteiger partial charge in [-0.3, -0.25) is 0 Å². The van der Waals surface area contributed by atoms with Crippen LogP contribution in [0, 0.1) is 23.4 Å². The zero-order chi connectivity index (χ0) is 20.8. The number of hydrogen-bond donors (Lipinski definition) is 0. The second kappa shape index (κ2) is 9.97. The molecule has 1 saturated heterocycles. The molecule has 0 aromatic heterocycles. The van der Waals surface area contributed by atoms with E-state index in [0.717, 1.165) is 31.7 Å². The van der Waals surface area contributed by atoms with Crippen molar-refractivity contribution < 1.29 is 22.6 Å². The van der Waals surface area contributed by atoms with Gasteiger partial charge >= 0.3 is 0 Å². The van der Waals surface area contributed by atoms with E-state index in [1.165, 1.54) is 24.3 Å². The maximum Gasteiger partial charge on any atom is 0.167 e. The first-order valence-corrected chi connectivity index (χ1v) is 10.2. The molecule has 3 rings (SSSR count). The average molecular weight is 404 g/mol. The Morgan fingerprint density at radius 3 is 2.55 bits per heavy atom. The van der Waals surface area contributed by atoms with Gasteiger partial charge in [-0.2, -0.15) is 0 Å². The van der Waals surface area contributed by atoms with Crippen molar-refractivity contribution in [2.24, 2.45) is 5.92 Å². The van der Waals surface area contributed by atoms with Crippen LogP contribution in [0.4, 0.5) is 13.2 Å². The highest BCUT2D eigenvalue weighted by Crippen LogP contribution is 2.37. The third kappa shape index (κ3) is 5.02. The van der Waals surface area contributed by atoms with Gasteiger partial charge in [-0.15, -0.1) is 0 Å². The van der Waals surface area contributed by atoms with E-state index in [1.807, 2.05) is 0 Å². The molecule has 0 radical (unpaired) electrons. The lowest BCUT2D eigenvalue weighted by Gasteiger charge is -2.29. The summed E-state index contributed by atoms with van der Waals surface area (Å²) in [5.74, 6) is -1.92. The third-order valence-corrected chi connectivity index (χ3v) is 5.39. The van der Waals surface area contributed by atoms with Gasteiger partial charge in [0.2, 0.25) is 0 Å². The van der Waals surface area contributed by atoms with Crippen LogP contribution in [0.2, 0.25) is 0 Å². The molecule has 156 valence electrons. The highest BCUT2D eigenvalue weighted by atomic mass is 19.2. The van der Waals surface area contributed by atoms with Gasteiger partial charge in [0.05, 0.1) is 12.7 Å². The molecule has 29 heavy (non-hydrogen) atoms. The quantitative estimate of drug-likeness (QED) is 0.441. The van der Waals surface area contributed by atoms with Crippen LogP contribution in [-0.2, 0) is 4.74 Å². The normalized spacial score (nSPS) is 19.2. The fourth-order valence-electron chi connectivity index (χ4n) is 3.75. The van der Waals surface area contributed by atoms with Crippen LogP contribution in [0.25, 0.3) is 11.1 Å². The topological polar surface area (TPSA) is 18.5 Å². The summed E-state index contributed by atoms with van der Waals surface area (Å²) in [7, 11) is 0. The van der Waals surface area contributed by atoms with Gasteiger partial charge in [0.1, 0.15) is 18.2 Å². The Morgan fingerprint density at radius 2 is 1.90 bits per heavy atom. The average Bonchev–Trinajstić information content (AvgIpc) is 2.74. The fourth-order valence-corrected chi connectivity index (χ4v) is 3.75. The van der Waals surface area contributed by atoms with Gasteiger partial charge in [-0.1, -0.05) is 44.6 Å². The largest absolute Gasteiger partial charge is 0.489 e. The third-order valence-electron chi connectivity index (χ3n) is 5.39. The van der Waals surface area contributed by atoms with Crippen LogP contribution >= 0.6 is 0 Å². The van der Waals surface area contributed by atoms with E-state index in [4.69, 9.17) is 9.47 Å². The molecule has 1 aliphatic rings. The van der Waals surface area contributed by atoms with Gasteiger partial charge in [0.25, 0.3) is 0 Å². The highest BCUT2D eigenvalue weighted by molar-refractivity contribution is 5.66. The Labute approximate surface area is 170 Å². The summed E-state index contributed by atoms with van der Waals surface area (Å²) < 4.78 is 55.1. The van der Waals surface area contributed by atoms with Crippen molar-refractivity contribution in [3.63, 3.8) is 0 Å². The first-order valence-electron chi connectivity index (χ1n) is 10.2. The van der Waals surface area contributed by atoms with Gasteiger partial charge in [-0.25, -0.2) is 13.2 Å². The predicted octanol–water partition coefficient (Wildman–Crippen LogP) is 6.99. The standard InChI is InChI=1S/C24H27F3O2/c1-3-5-6-16-7-12-22(29-15-16)20-11-10-19(23(26)24(20)27)18-9-8-17(14-21(18)25)28-13-4-2/h4,8-11,14,16,22H,2-3,5-7,12-13,15H2,1H3. The molecule has 0 bridgehead atoms. The lowest BCUT2D eigenvalue weighted by atomic mass is 9.90. The summed E-state index contributed by atoms with van der Waals surface area (Å²) in [5, 5.41) is 0. The molecule has 0 N–H and O–H groups in total. The second-order valence-corrected chi connectivity index (χ2v) is 7.48. The zero-order valence-corrected chi connectivity index (χ0v) is 16.7. The monoisotopic (exact) mass is 404 g/mol. The summed E-state index contributed by atoms with van der Waals surface area (Å²) in [6, 6.07) is 6.99. The number of ether oxygens (including phenoxy) is 2. The molecule has 2 nitrogen and oxygen atoms in total. The molecule has 1 heterocycles. The molecule has 0 saturated carbocycles. The Bertz CT molecular complexity index is 842. The van der Waals surface area contributed by atoms with Crippen molar-refractivity contribution >= 4 is 0 Å². The van der Waals surface area contributed by atoms with Crippen LogP contribution in [0.5, 0.6) is 5.75 Å². The Hall–Kier alpha value is -2.27. The molecule has 0 aliphatic carbocycles. The van der Waals surface area contributed by atoms with Crippen molar-refractivity contribution in [3.8, 4) is 16.9 Å². The molecule has 0 amide bonds. The van der Waals surface area contributed by atoms with Crippen molar-refractivity contribution in [1.29, 1.82) is 0 Å². The minimum absolute atomic E-state index is 0.0110. The predicted molar refractivity (Wildman–Crippen MR) is 108 cm³/mol. The molecule has 1 aliphatic heterocycles. The number of rotatable bonds is 8. The number of unbranched alkanes of at least 4 members (excludes halogenated alkanes) is 1.